The first-order valence-corrected chi connectivity index (χ1v) is 7.94. The molecule has 20 heavy (non-hydrogen) atoms. The van der Waals surface area contributed by atoms with E-state index in [1.54, 1.807) is 12.1 Å². The van der Waals surface area contributed by atoms with Gasteiger partial charge in [0, 0.05) is 4.47 Å². The molecule has 2 aromatic carbocycles. The molecule has 0 aliphatic carbocycles. The predicted molar refractivity (Wildman–Crippen MR) is 82.2 cm³/mol. The molecule has 0 amide bonds. The Labute approximate surface area is 125 Å². The van der Waals surface area contributed by atoms with Crippen LogP contribution in [0.2, 0.25) is 0 Å². The van der Waals surface area contributed by atoms with E-state index in [1.165, 1.54) is 18.2 Å². The molecule has 0 aliphatic rings. The fourth-order valence-electron chi connectivity index (χ4n) is 1.71. The maximum Gasteiger partial charge on any atom is 0.261 e. The summed E-state index contributed by atoms with van der Waals surface area (Å²) in [4.78, 5) is -0.00886. The number of anilines is 2. The minimum absolute atomic E-state index is 0.00886. The van der Waals surface area contributed by atoms with E-state index >= 15 is 0 Å². The monoisotopic (exact) mass is 356 g/mol. The predicted octanol–water partition coefficient (Wildman–Crippen LogP) is 2.85. The van der Waals surface area contributed by atoms with Gasteiger partial charge in [-0.15, -0.1) is 0 Å². The van der Waals surface area contributed by atoms with Gasteiger partial charge in [-0.25, -0.2) is 8.42 Å². The second-order valence-corrected chi connectivity index (χ2v) is 6.94. The first kappa shape index (κ1) is 14.7. The SMILES string of the molecule is Cc1cc(Br)cc(NS(=O)(=O)c2ccc(O)c(N)c2)c1. The highest BCUT2D eigenvalue weighted by Crippen LogP contribution is 2.26. The van der Waals surface area contributed by atoms with E-state index in [-0.39, 0.29) is 16.3 Å². The molecule has 2 rings (SSSR count). The molecule has 5 nitrogen and oxygen atoms in total. The standard InChI is InChI=1S/C13H13BrN2O3S/c1-8-4-9(14)6-10(5-8)16-20(18,19)11-2-3-13(17)12(15)7-11/h2-7,16-17H,15H2,1H3. The minimum atomic E-state index is -3.75. The van der Waals surface area contributed by atoms with Gasteiger partial charge >= 0.3 is 0 Å². The van der Waals surface area contributed by atoms with Crippen molar-refractivity contribution in [2.24, 2.45) is 0 Å². The number of phenols is 1. The highest BCUT2D eigenvalue weighted by molar-refractivity contribution is 9.10. The minimum Gasteiger partial charge on any atom is -0.506 e. The second-order valence-electron chi connectivity index (χ2n) is 4.34. The van der Waals surface area contributed by atoms with Gasteiger partial charge in [0.25, 0.3) is 10.0 Å². The number of halogens is 1. The molecule has 106 valence electrons. The normalized spacial score (nSPS) is 11.3. The van der Waals surface area contributed by atoms with Gasteiger partial charge in [0.15, 0.2) is 0 Å². The van der Waals surface area contributed by atoms with Gasteiger partial charge < -0.3 is 10.8 Å². The van der Waals surface area contributed by atoms with Crippen LogP contribution in [0.25, 0.3) is 0 Å². The van der Waals surface area contributed by atoms with Gasteiger partial charge in [0.1, 0.15) is 5.75 Å². The topological polar surface area (TPSA) is 92.4 Å². The smallest absolute Gasteiger partial charge is 0.261 e. The summed E-state index contributed by atoms with van der Waals surface area (Å²) in [6.07, 6.45) is 0. The highest BCUT2D eigenvalue weighted by atomic mass is 79.9. The van der Waals surface area contributed by atoms with Crippen LogP contribution in [-0.4, -0.2) is 13.5 Å². The van der Waals surface area contributed by atoms with Crippen LogP contribution in [0, 0.1) is 6.92 Å². The van der Waals surface area contributed by atoms with Gasteiger partial charge in [-0.05, 0) is 48.9 Å². The van der Waals surface area contributed by atoms with E-state index in [1.807, 2.05) is 13.0 Å². The fourth-order valence-corrected chi connectivity index (χ4v) is 3.39. The van der Waals surface area contributed by atoms with E-state index in [9.17, 15) is 13.5 Å². The molecule has 4 N–H and O–H groups in total. The Balaban J connectivity index is 2.37. The summed E-state index contributed by atoms with van der Waals surface area (Å²) in [7, 11) is -3.75. The number of nitrogens with two attached hydrogens (primary N) is 1. The third kappa shape index (κ3) is 3.23. The number of benzene rings is 2. The van der Waals surface area contributed by atoms with Crippen molar-refractivity contribution in [1.29, 1.82) is 0 Å². The van der Waals surface area contributed by atoms with Gasteiger partial charge in [-0.1, -0.05) is 15.9 Å². The number of sulfonamides is 1. The Kier molecular flexibility index (Phi) is 3.92. The van der Waals surface area contributed by atoms with Gasteiger partial charge in [-0.3, -0.25) is 4.72 Å². The van der Waals surface area contributed by atoms with Crippen molar-refractivity contribution < 1.29 is 13.5 Å². The van der Waals surface area contributed by atoms with Crippen molar-refractivity contribution in [3.8, 4) is 5.75 Å². The molecule has 2 aromatic rings. The number of hydrogen-bond acceptors (Lipinski definition) is 4. The Bertz CT molecular complexity index is 740. The van der Waals surface area contributed by atoms with Gasteiger partial charge in [-0.2, -0.15) is 0 Å². The number of nitrogens with one attached hydrogen (secondary N) is 1. The van der Waals surface area contributed by atoms with Crippen LogP contribution >= 0.6 is 15.9 Å². The molecule has 0 atom stereocenters. The summed E-state index contributed by atoms with van der Waals surface area (Å²) >= 11 is 3.31. The van der Waals surface area contributed by atoms with Crippen molar-refractivity contribution in [1.82, 2.24) is 0 Å². The van der Waals surface area contributed by atoms with E-state index in [2.05, 4.69) is 20.7 Å². The number of nitrogen functional groups attached to an aromatic ring is 1. The molecule has 0 heterocycles. The van der Waals surface area contributed by atoms with Crippen molar-refractivity contribution in [2.75, 3.05) is 10.5 Å². The summed E-state index contributed by atoms with van der Waals surface area (Å²) < 4.78 is 27.7. The van der Waals surface area contributed by atoms with Crippen LogP contribution in [0.4, 0.5) is 11.4 Å². The molecule has 7 heteroatoms. The van der Waals surface area contributed by atoms with E-state index in [0.717, 1.165) is 10.0 Å². The zero-order valence-corrected chi connectivity index (χ0v) is 13.0. The van der Waals surface area contributed by atoms with E-state index < -0.39 is 10.0 Å². The summed E-state index contributed by atoms with van der Waals surface area (Å²) in [5, 5.41) is 9.33. The lowest BCUT2D eigenvalue weighted by Gasteiger charge is -2.10. The van der Waals surface area contributed by atoms with Crippen molar-refractivity contribution >= 4 is 37.3 Å². The molecule has 0 bridgehead atoms. The number of rotatable bonds is 3. The second kappa shape index (κ2) is 5.34. The van der Waals surface area contributed by atoms with Crippen LogP contribution in [-0.2, 0) is 10.0 Å². The summed E-state index contributed by atoms with van der Waals surface area (Å²) in [6, 6.07) is 8.99. The lowest BCUT2D eigenvalue weighted by Crippen LogP contribution is -2.13. The quantitative estimate of drug-likeness (QED) is 0.582. The molecule has 0 saturated carbocycles. The van der Waals surface area contributed by atoms with Crippen LogP contribution in [0.5, 0.6) is 5.75 Å². The average Bonchev–Trinajstić information content (AvgIpc) is 2.30. The Morgan fingerprint density at radius 2 is 1.90 bits per heavy atom. The summed E-state index contributed by atoms with van der Waals surface area (Å²) in [5.41, 5.74) is 6.89. The summed E-state index contributed by atoms with van der Waals surface area (Å²) in [6.45, 7) is 1.86. The van der Waals surface area contributed by atoms with Gasteiger partial charge in [0.05, 0.1) is 16.3 Å². The molecule has 0 unspecified atom stereocenters. The average molecular weight is 357 g/mol. The largest absolute Gasteiger partial charge is 0.506 e. The first-order chi connectivity index (χ1) is 9.28. The van der Waals surface area contributed by atoms with Crippen LogP contribution in [0.1, 0.15) is 5.56 Å². The molecule has 0 saturated heterocycles. The Morgan fingerprint density at radius 1 is 1.20 bits per heavy atom. The van der Waals surface area contributed by atoms with Crippen LogP contribution in [0.3, 0.4) is 0 Å². The van der Waals surface area contributed by atoms with Crippen LogP contribution < -0.4 is 10.5 Å². The zero-order chi connectivity index (χ0) is 14.9. The molecule has 0 spiro atoms. The van der Waals surface area contributed by atoms with E-state index in [0.29, 0.717) is 5.69 Å². The molecular formula is C13H13BrN2O3S. The Morgan fingerprint density at radius 3 is 2.50 bits per heavy atom. The maximum atomic E-state index is 12.2. The number of aromatic hydroxyl groups is 1. The Hall–Kier alpha value is -1.73. The number of aryl methyl sites for hydroxylation is 1. The molecular weight excluding hydrogens is 344 g/mol. The highest BCUT2D eigenvalue weighted by Gasteiger charge is 2.16. The van der Waals surface area contributed by atoms with E-state index in [4.69, 9.17) is 5.73 Å². The van der Waals surface area contributed by atoms with Crippen molar-refractivity contribution in [2.45, 2.75) is 11.8 Å². The van der Waals surface area contributed by atoms with Crippen molar-refractivity contribution in [3.05, 3.63) is 46.4 Å². The van der Waals surface area contributed by atoms with Gasteiger partial charge in [0.2, 0.25) is 0 Å². The molecule has 0 radical (unpaired) electrons. The summed E-state index contributed by atoms with van der Waals surface area (Å²) in [5.74, 6) is -0.151. The zero-order valence-electron chi connectivity index (χ0n) is 10.6. The third-order valence-electron chi connectivity index (χ3n) is 2.60. The molecule has 0 fully saturated rings. The van der Waals surface area contributed by atoms with Crippen molar-refractivity contribution in [3.63, 3.8) is 0 Å². The molecule has 0 aromatic heterocycles. The number of hydrogen-bond donors (Lipinski definition) is 3. The maximum absolute atomic E-state index is 12.2. The lowest BCUT2D eigenvalue weighted by molar-refractivity contribution is 0.477. The first-order valence-electron chi connectivity index (χ1n) is 5.66. The number of phenolic OH excluding ortho intramolecular Hbond substituents is 1. The fraction of sp³-hybridized carbons (Fsp3) is 0.0769. The third-order valence-corrected chi connectivity index (χ3v) is 4.44. The van der Waals surface area contributed by atoms with Crippen LogP contribution in [0.15, 0.2) is 45.8 Å². The lowest BCUT2D eigenvalue weighted by atomic mass is 10.2. The molecule has 0 aliphatic heterocycles.